The van der Waals surface area contributed by atoms with E-state index in [4.69, 9.17) is 9.46 Å². The summed E-state index contributed by atoms with van der Waals surface area (Å²) in [6.07, 6.45) is -4.20. The lowest BCUT2D eigenvalue weighted by molar-refractivity contribution is 0.123. The van der Waals surface area contributed by atoms with Gasteiger partial charge in [0, 0.05) is 0 Å². The van der Waals surface area contributed by atoms with E-state index in [0.717, 1.165) is 0 Å². The number of hydrogen-bond donors (Lipinski definition) is 2. The van der Waals surface area contributed by atoms with Crippen LogP contribution < -0.4 is 5.32 Å². The van der Waals surface area contributed by atoms with Gasteiger partial charge in [-0.15, -0.1) is 0 Å². The van der Waals surface area contributed by atoms with Crippen molar-refractivity contribution in [1.29, 1.82) is 0 Å². The summed E-state index contributed by atoms with van der Waals surface area (Å²) in [5, 5.41) is 1.40. The number of rotatable bonds is 4. The highest BCUT2D eigenvalue weighted by molar-refractivity contribution is 7.16. The predicted molar refractivity (Wildman–Crippen MR) is 36.1 cm³/mol. The van der Waals surface area contributed by atoms with Crippen molar-refractivity contribution in [2.24, 2.45) is 0 Å². The Hall–Kier alpha value is -0.260. The average Bonchev–Trinajstić information content (AvgIpc) is 2.05. The van der Waals surface area contributed by atoms with Crippen LogP contribution in [-0.2, 0) is 4.57 Å². The van der Waals surface area contributed by atoms with Crippen LogP contribution in [0, 0.1) is 0 Å². The van der Waals surface area contributed by atoms with Gasteiger partial charge in [-0.25, -0.2) is 17.6 Å². The molecule has 0 aromatic heterocycles. The topological polar surface area (TPSA) is 49.3 Å². The highest BCUT2D eigenvalue weighted by atomic mass is 31.1. The minimum atomic E-state index is -2.10. The Morgan fingerprint density at radius 3 is 1.67 bits per heavy atom. The Balaban J connectivity index is 0. The van der Waals surface area contributed by atoms with Gasteiger partial charge in [0.25, 0.3) is 0 Å². The van der Waals surface area contributed by atoms with E-state index in [0.29, 0.717) is 0 Å². The first-order chi connectivity index (χ1) is 5.62. The Morgan fingerprint density at radius 1 is 1.25 bits per heavy atom. The summed E-state index contributed by atoms with van der Waals surface area (Å²) in [7, 11) is -1.17. The quantitative estimate of drug-likeness (QED) is 0.413. The number of hydrogen-bond acceptors (Lipinski definition) is 2. The summed E-state index contributed by atoms with van der Waals surface area (Å²) in [6, 6.07) is 0. The van der Waals surface area contributed by atoms with Crippen LogP contribution in [0.4, 0.5) is 17.6 Å². The van der Waals surface area contributed by atoms with E-state index in [-0.39, 0.29) is 0 Å². The minimum absolute atomic E-state index is 1.17. The molecule has 2 N–H and O–H groups in total. The first kappa shape index (κ1) is 14.3. The normalized spacial score (nSPS) is 14.8. The van der Waals surface area contributed by atoms with Crippen molar-refractivity contribution in [3.05, 3.63) is 0 Å². The van der Waals surface area contributed by atoms with Crippen molar-refractivity contribution < 1.29 is 27.0 Å². The molecule has 8 heteroatoms. The second-order valence-electron chi connectivity index (χ2n) is 1.50. The Morgan fingerprint density at radius 2 is 1.50 bits per heavy atom. The Labute approximate surface area is 68.1 Å². The molecular weight excluding hydrogens is 201 g/mol. The summed E-state index contributed by atoms with van der Waals surface area (Å²) < 4.78 is 54.2. The number of nitrogens with one attached hydrogen (secondary N) is 1. The molecular formula is C4H9F4NO2P+. The van der Waals surface area contributed by atoms with E-state index in [2.05, 4.69) is 0 Å². The summed E-state index contributed by atoms with van der Waals surface area (Å²) in [5.41, 5.74) is 0. The SMILES string of the molecule is FCC(F)NC(F)CF.O=[PH+]O. The van der Waals surface area contributed by atoms with Gasteiger partial charge in [0.2, 0.25) is 0 Å². The first-order valence-electron chi connectivity index (χ1n) is 2.79. The van der Waals surface area contributed by atoms with Gasteiger partial charge in [-0.3, -0.25) is 5.32 Å². The van der Waals surface area contributed by atoms with Gasteiger partial charge < -0.3 is 0 Å². The van der Waals surface area contributed by atoms with Gasteiger partial charge in [0.05, 0.1) is 0 Å². The van der Waals surface area contributed by atoms with Crippen molar-refractivity contribution in [2.45, 2.75) is 12.6 Å². The van der Waals surface area contributed by atoms with Crippen LogP contribution in [0.3, 0.4) is 0 Å². The standard InChI is InChI=1S/C4H7F4N.HO2P/c5-1-3(7)9-4(8)2-6;1-3-2/h3-4,9H,1-2H2;3H/p+1. The fourth-order valence-corrected chi connectivity index (χ4v) is 0.285. The van der Waals surface area contributed by atoms with Crippen LogP contribution in [0.25, 0.3) is 0 Å². The van der Waals surface area contributed by atoms with Crippen LogP contribution in [0.1, 0.15) is 0 Å². The fraction of sp³-hybridized carbons (Fsp3) is 1.00. The zero-order chi connectivity index (χ0) is 9.98. The third-order valence-electron chi connectivity index (χ3n) is 0.633. The molecule has 0 heterocycles. The molecule has 74 valence electrons. The van der Waals surface area contributed by atoms with Gasteiger partial charge in [0.1, 0.15) is 13.3 Å². The van der Waals surface area contributed by atoms with E-state index in [1.807, 2.05) is 0 Å². The minimum Gasteiger partial charge on any atom is -0.253 e. The van der Waals surface area contributed by atoms with Crippen LogP contribution in [0.2, 0.25) is 0 Å². The van der Waals surface area contributed by atoms with E-state index in [1.165, 1.54) is 5.32 Å². The molecule has 12 heavy (non-hydrogen) atoms. The maximum absolute atomic E-state index is 11.7. The summed E-state index contributed by atoms with van der Waals surface area (Å²) >= 11 is 0. The third-order valence-corrected chi connectivity index (χ3v) is 0.633. The molecule has 0 radical (unpaired) electrons. The molecule has 3 nitrogen and oxygen atoms in total. The van der Waals surface area contributed by atoms with Crippen LogP contribution in [-0.4, -0.2) is 30.8 Å². The molecule has 0 saturated carbocycles. The van der Waals surface area contributed by atoms with E-state index < -0.39 is 34.6 Å². The molecule has 0 spiro atoms. The average molecular weight is 210 g/mol. The molecule has 0 aliphatic heterocycles. The molecule has 0 saturated heterocycles. The Bertz CT molecular complexity index is 101. The maximum atomic E-state index is 11.7. The second-order valence-corrected chi connectivity index (χ2v) is 1.68. The highest BCUT2D eigenvalue weighted by Gasteiger charge is 2.11. The van der Waals surface area contributed by atoms with Gasteiger partial charge in [-0.2, -0.15) is 4.89 Å². The molecule has 0 amide bonds. The fourth-order valence-electron chi connectivity index (χ4n) is 0.285. The van der Waals surface area contributed by atoms with Crippen molar-refractivity contribution in [2.75, 3.05) is 13.3 Å². The lowest BCUT2D eigenvalue weighted by Crippen LogP contribution is -2.35. The molecule has 0 fully saturated rings. The molecule has 3 unspecified atom stereocenters. The first-order valence-corrected chi connectivity index (χ1v) is 3.65. The number of halogens is 4. The highest BCUT2D eigenvalue weighted by Crippen LogP contribution is 1.92. The van der Waals surface area contributed by atoms with Gasteiger partial charge in [0.15, 0.2) is 12.6 Å². The van der Waals surface area contributed by atoms with Crippen molar-refractivity contribution in [3.8, 4) is 0 Å². The van der Waals surface area contributed by atoms with Gasteiger partial charge in [-0.1, -0.05) is 0 Å². The van der Waals surface area contributed by atoms with Crippen LogP contribution >= 0.6 is 8.69 Å². The third kappa shape index (κ3) is 12.4. The molecule has 0 bridgehead atoms. The van der Waals surface area contributed by atoms with E-state index in [9.17, 15) is 17.6 Å². The Kier molecular flexibility index (Phi) is 12.8. The molecule has 0 aromatic rings. The zero-order valence-corrected chi connectivity index (χ0v) is 6.94. The molecule has 0 aliphatic rings. The molecule has 0 aromatic carbocycles. The largest absolute Gasteiger partial charge is 0.491 e. The summed E-state index contributed by atoms with van der Waals surface area (Å²) in [6.45, 7) is -2.69. The maximum Gasteiger partial charge on any atom is 0.491 e. The van der Waals surface area contributed by atoms with Crippen molar-refractivity contribution >= 4 is 8.69 Å². The number of alkyl halides is 4. The van der Waals surface area contributed by atoms with Gasteiger partial charge >= 0.3 is 8.69 Å². The lowest BCUT2D eigenvalue weighted by atomic mass is 10.6. The monoisotopic (exact) mass is 210 g/mol. The molecule has 0 aliphatic carbocycles. The van der Waals surface area contributed by atoms with E-state index in [1.54, 1.807) is 0 Å². The molecule has 3 atom stereocenters. The lowest BCUT2D eigenvalue weighted by Gasteiger charge is -2.07. The van der Waals surface area contributed by atoms with Crippen molar-refractivity contribution in [3.63, 3.8) is 0 Å². The van der Waals surface area contributed by atoms with Gasteiger partial charge in [-0.05, 0) is 4.57 Å². The van der Waals surface area contributed by atoms with Crippen LogP contribution in [0.15, 0.2) is 0 Å². The summed E-state index contributed by atoms with van der Waals surface area (Å²) in [4.78, 5) is 7.04. The van der Waals surface area contributed by atoms with Crippen molar-refractivity contribution in [1.82, 2.24) is 5.32 Å². The summed E-state index contributed by atoms with van der Waals surface area (Å²) in [5.74, 6) is 0. The second kappa shape index (κ2) is 10.7. The zero-order valence-electron chi connectivity index (χ0n) is 5.94. The molecule has 0 rings (SSSR count). The smallest absolute Gasteiger partial charge is 0.253 e. The van der Waals surface area contributed by atoms with Crippen LogP contribution in [0.5, 0.6) is 0 Å². The predicted octanol–water partition coefficient (Wildman–Crippen LogP) is 1.02. The van der Waals surface area contributed by atoms with E-state index >= 15 is 0 Å².